The molecule has 0 saturated carbocycles. The van der Waals surface area contributed by atoms with E-state index in [1.54, 1.807) is 56.8 Å². The second kappa shape index (κ2) is 5.91. The van der Waals surface area contributed by atoms with Crippen molar-refractivity contribution < 1.29 is 14.6 Å². The maximum absolute atomic E-state index is 9.67. The molecule has 4 nitrogen and oxygen atoms in total. The summed E-state index contributed by atoms with van der Waals surface area (Å²) in [5.74, 6) is 1.53. The van der Waals surface area contributed by atoms with Crippen molar-refractivity contribution in [2.75, 3.05) is 14.2 Å². The first-order chi connectivity index (χ1) is 9.24. The number of methoxy groups -OCH3 is 2. The number of nitrogens with zero attached hydrogens (tertiary/aromatic N) is 1. The molecule has 0 bridgehead atoms. The van der Waals surface area contributed by atoms with E-state index in [1.807, 2.05) is 6.07 Å². The van der Waals surface area contributed by atoms with Crippen LogP contribution in [-0.2, 0) is 0 Å². The molecule has 0 aromatic heterocycles. The third-order valence-electron chi connectivity index (χ3n) is 2.67. The summed E-state index contributed by atoms with van der Waals surface area (Å²) >= 11 is 0. The minimum Gasteiger partial charge on any atom is -0.507 e. The van der Waals surface area contributed by atoms with Crippen LogP contribution in [0.4, 0.5) is 5.69 Å². The summed E-state index contributed by atoms with van der Waals surface area (Å²) in [7, 11) is 3.18. The van der Waals surface area contributed by atoms with Crippen LogP contribution in [0.3, 0.4) is 0 Å². The van der Waals surface area contributed by atoms with Gasteiger partial charge in [-0.05, 0) is 24.3 Å². The first kappa shape index (κ1) is 13.0. The topological polar surface area (TPSA) is 51.0 Å². The fourth-order valence-electron chi connectivity index (χ4n) is 1.63. The SMILES string of the molecule is COc1ccc(OC)c(N=Cc2ccccc2O)c1. The monoisotopic (exact) mass is 257 g/mol. The van der Waals surface area contributed by atoms with Crippen LogP contribution in [0.5, 0.6) is 17.2 Å². The molecule has 2 rings (SSSR count). The third kappa shape index (κ3) is 3.04. The molecule has 19 heavy (non-hydrogen) atoms. The fraction of sp³-hybridized carbons (Fsp3) is 0.133. The van der Waals surface area contributed by atoms with Crippen LogP contribution in [0.25, 0.3) is 0 Å². The molecule has 2 aromatic rings. The average molecular weight is 257 g/mol. The van der Waals surface area contributed by atoms with Gasteiger partial charge in [0.2, 0.25) is 0 Å². The highest BCUT2D eigenvalue weighted by atomic mass is 16.5. The Morgan fingerprint density at radius 1 is 1.05 bits per heavy atom. The van der Waals surface area contributed by atoms with Gasteiger partial charge in [-0.25, -0.2) is 0 Å². The second-order valence-electron chi connectivity index (χ2n) is 3.85. The molecule has 0 radical (unpaired) electrons. The Hall–Kier alpha value is -2.49. The Morgan fingerprint density at radius 3 is 2.53 bits per heavy atom. The number of benzene rings is 2. The molecule has 0 aliphatic rings. The van der Waals surface area contributed by atoms with Gasteiger partial charge in [0.15, 0.2) is 0 Å². The molecular formula is C15H15NO3. The van der Waals surface area contributed by atoms with Crippen molar-refractivity contribution in [3.05, 3.63) is 48.0 Å². The summed E-state index contributed by atoms with van der Waals surface area (Å²) in [4.78, 5) is 4.33. The lowest BCUT2D eigenvalue weighted by Crippen LogP contribution is -1.87. The standard InChI is InChI=1S/C15H15NO3/c1-18-12-7-8-15(19-2)13(9-12)16-10-11-5-3-4-6-14(11)17/h3-10,17H,1-2H3. The van der Waals surface area contributed by atoms with E-state index in [4.69, 9.17) is 9.47 Å². The van der Waals surface area contributed by atoms with Crippen molar-refractivity contribution in [3.63, 3.8) is 0 Å². The van der Waals surface area contributed by atoms with E-state index >= 15 is 0 Å². The summed E-state index contributed by atoms with van der Waals surface area (Å²) in [5.41, 5.74) is 1.29. The number of ether oxygens (including phenoxy) is 2. The van der Waals surface area contributed by atoms with Gasteiger partial charge in [-0.2, -0.15) is 0 Å². The smallest absolute Gasteiger partial charge is 0.144 e. The third-order valence-corrected chi connectivity index (χ3v) is 2.67. The van der Waals surface area contributed by atoms with E-state index in [9.17, 15) is 5.11 Å². The van der Waals surface area contributed by atoms with Gasteiger partial charge in [0, 0.05) is 17.8 Å². The predicted molar refractivity (Wildman–Crippen MR) is 74.9 cm³/mol. The van der Waals surface area contributed by atoms with Crippen molar-refractivity contribution in [1.82, 2.24) is 0 Å². The van der Waals surface area contributed by atoms with Crippen LogP contribution < -0.4 is 9.47 Å². The molecule has 98 valence electrons. The van der Waals surface area contributed by atoms with Crippen molar-refractivity contribution >= 4 is 11.9 Å². The molecule has 2 aromatic carbocycles. The molecule has 0 atom stereocenters. The molecule has 0 amide bonds. The van der Waals surface area contributed by atoms with E-state index in [0.717, 1.165) is 0 Å². The van der Waals surface area contributed by atoms with E-state index in [0.29, 0.717) is 22.7 Å². The van der Waals surface area contributed by atoms with Crippen molar-refractivity contribution in [2.45, 2.75) is 0 Å². The summed E-state index contributed by atoms with van der Waals surface area (Å²) in [6.45, 7) is 0. The molecule has 0 unspecified atom stereocenters. The van der Waals surface area contributed by atoms with Crippen LogP contribution in [0, 0.1) is 0 Å². The van der Waals surface area contributed by atoms with Crippen LogP contribution >= 0.6 is 0 Å². The maximum atomic E-state index is 9.67. The molecule has 0 fully saturated rings. The molecule has 0 aliphatic heterocycles. The van der Waals surface area contributed by atoms with Gasteiger partial charge < -0.3 is 14.6 Å². The van der Waals surface area contributed by atoms with Crippen molar-refractivity contribution in [1.29, 1.82) is 0 Å². The first-order valence-electron chi connectivity index (χ1n) is 5.78. The number of hydrogen-bond donors (Lipinski definition) is 1. The Balaban J connectivity index is 2.34. The lowest BCUT2D eigenvalue weighted by Gasteiger charge is -2.06. The van der Waals surface area contributed by atoms with E-state index in [1.165, 1.54) is 0 Å². The summed E-state index contributed by atoms with van der Waals surface area (Å²) in [6, 6.07) is 12.4. The normalized spacial score (nSPS) is 10.6. The van der Waals surface area contributed by atoms with Gasteiger partial charge in [-0.15, -0.1) is 0 Å². The number of aliphatic imine (C=N–C) groups is 1. The number of hydrogen-bond acceptors (Lipinski definition) is 4. The lowest BCUT2D eigenvalue weighted by atomic mass is 10.2. The number of phenolic OH excluding ortho intramolecular Hbond substituents is 1. The van der Waals surface area contributed by atoms with Crippen molar-refractivity contribution in [2.24, 2.45) is 4.99 Å². The zero-order valence-corrected chi connectivity index (χ0v) is 10.8. The minimum absolute atomic E-state index is 0.188. The Kier molecular flexibility index (Phi) is 4.03. The van der Waals surface area contributed by atoms with Crippen LogP contribution in [0.15, 0.2) is 47.5 Å². The number of rotatable bonds is 4. The number of para-hydroxylation sites is 1. The highest BCUT2D eigenvalue weighted by Crippen LogP contribution is 2.31. The number of phenols is 1. The largest absolute Gasteiger partial charge is 0.507 e. The van der Waals surface area contributed by atoms with E-state index < -0.39 is 0 Å². The second-order valence-corrected chi connectivity index (χ2v) is 3.85. The molecule has 0 saturated heterocycles. The van der Waals surface area contributed by atoms with E-state index in [-0.39, 0.29) is 5.75 Å². The van der Waals surface area contributed by atoms with Gasteiger partial charge in [-0.1, -0.05) is 12.1 Å². The number of aromatic hydroxyl groups is 1. The lowest BCUT2D eigenvalue weighted by molar-refractivity contribution is 0.404. The van der Waals surface area contributed by atoms with E-state index in [2.05, 4.69) is 4.99 Å². The van der Waals surface area contributed by atoms with Gasteiger partial charge >= 0.3 is 0 Å². The highest BCUT2D eigenvalue weighted by Gasteiger charge is 2.03. The molecule has 0 heterocycles. The zero-order chi connectivity index (χ0) is 13.7. The molecule has 0 spiro atoms. The Bertz CT molecular complexity index is 594. The summed E-state index contributed by atoms with van der Waals surface area (Å²) in [5, 5.41) is 9.67. The Morgan fingerprint density at radius 2 is 1.84 bits per heavy atom. The minimum atomic E-state index is 0.188. The van der Waals surface area contributed by atoms with Gasteiger partial charge in [0.1, 0.15) is 22.9 Å². The predicted octanol–water partition coefficient (Wildman–Crippen LogP) is 3.16. The molecule has 4 heteroatoms. The highest BCUT2D eigenvalue weighted by molar-refractivity contribution is 5.85. The molecule has 0 aliphatic carbocycles. The van der Waals surface area contributed by atoms with Crippen molar-refractivity contribution in [3.8, 4) is 17.2 Å². The van der Waals surface area contributed by atoms with Gasteiger partial charge in [0.25, 0.3) is 0 Å². The van der Waals surface area contributed by atoms with Crippen LogP contribution in [-0.4, -0.2) is 25.5 Å². The Labute approximate surface area is 111 Å². The van der Waals surface area contributed by atoms with Gasteiger partial charge in [0.05, 0.1) is 14.2 Å². The fourth-order valence-corrected chi connectivity index (χ4v) is 1.63. The van der Waals surface area contributed by atoms with Gasteiger partial charge in [-0.3, -0.25) is 4.99 Å². The summed E-state index contributed by atoms with van der Waals surface area (Å²) < 4.78 is 10.4. The average Bonchev–Trinajstić information content (AvgIpc) is 2.46. The quantitative estimate of drug-likeness (QED) is 0.856. The maximum Gasteiger partial charge on any atom is 0.144 e. The molecular weight excluding hydrogens is 242 g/mol. The summed E-state index contributed by atoms with van der Waals surface area (Å²) in [6.07, 6.45) is 1.59. The van der Waals surface area contributed by atoms with Crippen LogP contribution in [0.2, 0.25) is 0 Å². The van der Waals surface area contributed by atoms with Crippen LogP contribution in [0.1, 0.15) is 5.56 Å². The first-order valence-corrected chi connectivity index (χ1v) is 5.78. The zero-order valence-electron chi connectivity index (χ0n) is 10.8. The molecule has 1 N–H and O–H groups in total.